The predicted octanol–water partition coefficient (Wildman–Crippen LogP) is 9.19. The van der Waals surface area contributed by atoms with Crippen LogP contribution in [0.2, 0.25) is 0 Å². The number of hydrogen-bond acceptors (Lipinski definition) is 9. The number of nitrogens with zero attached hydrogens (tertiary/aromatic N) is 1. The van der Waals surface area contributed by atoms with Gasteiger partial charge in [-0.05, 0) is 93.2 Å². The van der Waals surface area contributed by atoms with Gasteiger partial charge in [0.1, 0.15) is 18.1 Å². The lowest BCUT2D eigenvalue weighted by Gasteiger charge is -2.58. The van der Waals surface area contributed by atoms with E-state index in [1.807, 2.05) is 30.8 Å². The van der Waals surface area contributed by atoms with Crippen molar-refractivity contribution in [1.82, 2.24) is 0 Å². The van der Waals surface area contributed by atoms with Crippen LogP contribution >= 0.6 is 23.5 Å². The molecule has 0 aromatic heterocycles. The maximum atomic E-state index is 9.85. The number of fused-ring (bicyclic) bond motifs is 2. The Labute approximate surface area is 313 Å². The van der Waals surface area contributed by atoms with Crippen molar-refractivity contribution in [1.29, 1.82) is 0 Å². The summed E-state index contributed by atoms with van der Waals surface area (Å²) in [5.41, 5.74) is 3.36. The van der Waals surface area contributed by atoms with Gasteiger partial charge in [0.05, 0.1) is 30.1 Å². The molecule has 0 amide bonds. The van der Waals surface area contributed by atoms with Crippen molar-refractivity contribution in [2.75, 3.05) is 38.8 Å². The smallest absolute Gasteiger partial charge is 0.230 e. The summed E-state index contributed by atoms with van der Waals surface area (Å²) in [5.74, 6) is 2.20. The van der Waals surface area contributed by atoms with Crippen LogP contribution < -0.4 is 9.47 Å². The number of ether oxygens (including phenoxy) is 3. The van der Waals surface area contributed by atoms with Crippen LogP contribution in [0.5, 0.6) is 11.5 Å². The van der Waals surface area contributed by atoms with Crippen molar-refractivity contribution in [3.05, 3.63) is 78.4 Å². The number of allylic oxidation sites excluding steroid dienone is 1. The van der Waals surface area contributed by atoms with Gasteiger partial charge in [-0.15, -0.1) is 30.1 Å². The predicted molar refractivity (Wildman–Crippen MR) is 209 cm³/mol. The summed E-state index contributed by atoms with van der Waals surface area (Å²) in [6.45, 7) is 7.92. The van der Waals surface area contributed by atoms with Crippen LogP contribution in [0, 0.1) is 17.8 Å². The first-order valence-electron chi connectivity index (χ1n) is 19.3. The van der Waals surface area contributed by atoms with E-state index in [2.05, 4.69) is 55.1 Å². The Morgan fingerprint density at radius 2 is 1.80 bits per heavy atom. The molecule has 51 heavy (non-hydrogen) atoms. The second-order valence-corrected chi connectivity index (χ2v) is 16.9. The molecule has 3 aliphatic carbocycles. The van der Waals surface area contributed by atoms with Crippen molar-refractivity contribution < 1.29 is 29.3 Å². The van der Waals surface area contributed by atoms with E-state index in [0.29, 0.717) is 31.5 Å². The zero-order chi connectivity index (χ0) is 35.5. The molecule has 1 heterocycles. The summed E-state index contributed by atoms with van der Waals surface area (Å²) in [5, 5.41) is 25.0. The van der Waals surface area contributed by atoms with Crippen LogP contribution in [0.15, 0.2) is 82.9 Å². The lowest BCUT2D eigenvalue weighted by molar-refractivity contribution is -0.223. The molecule has 9 heteroatoms. The molecule has 1 aliphatic heterocycles. The van der Waals surface area contributed by atoms with E-state index < -0.39 is 5.79 Å². The van der Waals surface area contributed by atoms with Crippen LogP contribution in [-0.2, 0) is 9.57 Å². The van der Waals surface area contributed by atoms with Crippen molar-refractivity contribution in [3.8, 4) is 11.5 Å². The number of rotatable bonds is 20. The summed E-state index contributed by atoms with van der Waals surface area (Å²) in [7, 11) is 0. The fourth-order valence-corrected chi connectivity index (χ4v) is 11.3. The van der Waals surface area contributed by atoms with E-state index in [-0.39, 0.29) is 42.1 Å². The number of unbranched alkanes of at least 4 members (excludes halogenated alkanes) is 2. The second-order valence-electron chi connectivity index (χ2n) is 14.2. The molecule has 4 aliphatic rings. The molecular formula is C42H57NO6S2. The standard InChI is InChI=1S/C42H57NO6S2/c1-3-24-47-42-39(51-33-17-8-9-18-33)29-37(43-48-4-2)35-27-30(14-10-12-22-44)34(19-11-13-23-45)40(41(35)42)36-28-31(20-21-38(36)49-42)46-25-26-50-32-15-6-5-7-16-32/h3,5-7,15-16,20-21,27-28,30,33-34,39-41,44-45H,1,4,8-14,17-19,22-26,29H2,2H3/t30-,34+,39-,40+,41+,42+/m0/s1. The highest BCUT2D eigenvalue weighted by Gasteiger charge is 2.64. The molecule has 6 rings (SSSR count). The molecule has 0 unspecified atom stereocenters. The van der Waals surface area contributed by atoms with Gasteiger partial charge >= 0.3 is 0 Å². The third-order valence-corrected chi connectivity index (χ3v) is 13.6. The Kier molecular flexibility index (Phi) is 14.3. The number of aliphatic hydroxyl groups excluding tert-OH is 2. The molecule has 2 aromatic rings. The van der Waals surface area contributed by atoms with Gasteiger partial charge in [-0.1, -0.05) is 61.2 Å². The van der Waals surface area contributed by atoms with E-state index >= 15 is 0 Å². The zero-order valence-corrected chi connectivity index (χ0v) is 31.9. The van der Waals surface area contributed by atoms with Gasteiger partial charge < -0.3 is 29.3 Å². The van der Waals surface area contributed by atoms with Crippen molar-refractivity contribution >= 4 is 29.2 Å². The third kappa shape index (κ3) is 9.03. The third-order valence-electron chi connectivity index (χ3n) is 10.9. The molecule has 7 nitrogen and oxygen atoms in total. The van der Waals surface area contributed by atoms with Crippen LogP contribution in [0.3, 0.4) is 0 Å². The van der Waals surface area contributed by atoms with E-state index in [4.69, 9.17) is 24.2 Å². The number of aliphatic hydroxyl groups is 2. The topological polar surface area (TPSA) is 89.7 Å². The summed E-state index contributed by atoms with van der Waals surface area (Å²) in [6.07, 6.45) is 15.4. The van der Waals surface area contributed by atoms with Crippen molar-refractivity contribution in [3.63, 3.8) is 0 Å². The maximum absolute atomic E-state index is 9.85. The quantitative estimate of drug-likeness (QED) is 0.0603. The van der Waals surface area contributed by atoms with Crippen LogP contribution in [0.4, 0.5) is 0 Å². The van der Waals surface area contributed by atoms with Gasteiger partial charge in [0.25, 0.3) is 0 Å². The molecule has 0 saturated heterocycles. The maximum Gasteiger partial charge on any atom is 0.230 e. The second kappa shape index (κ2) is 19.1. The molecule has 278 valence electrons. The number of benzene rings is 2. The fraction of sp³-hybridized carbons (Fsp3) is 0.595. The normalized spacial score (nSPS) is 27.7. The summed E-state index contributed by atoms with van der Waals surface area (Å²) < 4.78 is 20.8. The molecule has 2 fully saturated rings. The van der Waals surface area contributed by atoms with Gasteiger partial charge in [0.2, 0.25) is 5.79 Å². The minimum absolute atomic E-state index is 0.0209. The van der Waals surface area contributed by atoms with Gasteiger partial charge in [-0.3, -0.25) is 0 Å². The van der Waals surface area contributed by atoms with Gasteiger partial charge in [0, 0.05) is 47.0 Å². The van der Waals surface area contributed by atoms with Gasteiger partial charge in [0.15, 0.2) is 0 Å². The molecule has 2 aromatic carbocycles. The number of hydrogen-bond donors (Lipinski definition) is 2. The average Bonchev–Trinajstić information content (AvgIpc) is 3.67. The Morgan fingerprint density at radius 1 is 1.02 bits per heavy atom. The van der Waals surface area contributed by atoms with Gasteiger partial charge in [-0.2, -0.15) is 0 Å². The first kappa shape index (κ1) is 38.3. The Bertz CT molecular complexity index is 1460. The SMILES string of the molecule is C=CCO[C@@]12Oc3ccc(OCCSc4ccccc4)cc3[C@H]3[C@H](CCCCO)[C@@H](CCCCO)C=C(C(=NOCC)C[C@@H]1SC1CCCC1)[C@H]32. The van der Waals surface area contributed by atoms with E-state index in [1.165, 1.54) is 41.7 Å². The first-order valence-corrected chi connectivity index (χ1v) is 21.2. The van der Waals surface area contributed by atoms with Crippen molar-refractivity contribution in [2.24, 2.45) is 22.9 Å². The number of oxime groups is 1. The lowest BCUT2D eigenvalue weighted by atomic mass is 9.56. The molecule has 0 spiro atoms. The van der Waals surface area contributed by atoms with Crippen molar-refractivity contribution in [2.45, 2.75) is 105 Å². The Balaban J connectivity index is 1.43. The molecular weight excluding hydrogens is 679 g/mol. The Hall–Kier alpha value is -2.43. The first-order chi connectivity index (χ1) is 25.1. The highest BCUT2D eigenvalue weighted by atomic mass is 32.2. The molecule has 2 saturated carbocycles. The van der Waals surface area contributed by atoms with Gasteiger partial charge in [-0.25, -0.2) is 0 Å². The van der Waals surface area contributed by atoms with E-state index in [9.17, 15) is 10.2 Å². The largest absolute Gasteiger partial charge is 0.493 e. The lowest BCUT2D eigenvalue weighted by Crippen LogP contribution is -2.64. The highest BCUT2D eigenvalue weighted by Crippen LogP contribution is 2.63. The fourth-order valence-electron chi connectivity index (χ4n) is 8.77. The van der Waals surface area contributed by atoms with Crippen LogP contribution in [0.25, 0.3) is 0 Å². The summed E-state index contributed by atoms with van der Waals surface area (Å²) >= 11 is 3.83. The minimum atomic E-state index is -0.907. The Morgan fingerprint density at radius 3 is 2.55 bits per heavy atom. The van der Waals surface area contributed by atoms with E-state index in [0.717, 1.165) is 61.5 Å². The van der Waals surface area contributed by atoms with Crippen LogP contribution in [-0.4, -0.2) is 71.0 Å². The summed E-state index contributed by atoms with van der Waals surface area (Å²) in [4.78, 5) is 7.09. The molecule has 0 bridgehead atoms. The minimum Gasteiger partial charge on any atom is -0.493 e. The molecule has 6 atom stereocenters. The molecule has 0 radical (unpaired) electrons. The highest BCUT2D eigenvalue weighted by molar-refractivity contribution is 8.00. The van der Waals surface area contributed by atoms with E-state index in [1.54, 1.807) is 11.8 Å². The van der Waals surface area contributed by atoms with Crippen LogP contribution in [0.1, 0.15) is 89.0 Å². The molecule has 2 N–H and O–H groups in total. The number of thioether (sulfide) groups is 2. The summed E-state index contributed by atoms with van der Waals surface area (Å²) in [6, 6.07) is 16.8. The zero-order valence-electron chi connectivity index (χ0n) is 30.3. The monoisotopic (exact) mass is 735 g/mol. The average molecular weight is 736 g/mol.